The van der Waals surface area contributed by atoms with Crippen LogP contribution in [0.4, 0.5) is 4.39 Å². The fourth-order valence-electron chi connectivity index (χ4n) is 4.06. The summed E-state index contributed by atoms with van der Waals surface area (Å²) < 4.78 is 13.2. The maximum absolute atomic E-state index is 13.2. The highest BCUT2D eigenvalue weighted by Gasteiger charge is 2.29. The highest BCUT2D eigenvalue weighted by atomic mass is 19.1. The number of carbonyl (C=O) groups excluding carboxylic acids is 2. The number of halogens is 1. The molecule has 27 heavy (non-hydrogen) atoms. The molecule has 0 aliphatic carbocycles. The molecule has 2 aliphatic heterocycles. The van der Waals surface area contributed by atoms with E-state index in [-0.39, 0.29) is 23.5 Å². The lowest BCUT2D eigenvalue weighted by Gasteiger charge is -2.36. The molecule has 3 rings (SSSR count). The summed E-state index contributed by atoms with van der Waals surface area (Å²) in [4.78, 5) is 31.4. The van der Waals surface area contributed by atoms with Crippen molar-refractivity contribution in [1.29, 1.82) is 0 Å². The van der Waals surface area contributed by atoms with Gasteiger partial charge in [-0.15, -0.1) is 0 Å². The van der Waals surface area contributed by atoms with Gasteiger partial charge in [0.25, 0.3) is 0 Å². The normalized spacial score (nSPS) is 19.3. The van der Waals surface area contributed by atoms with Gasteiger partial charge in [0, 0.05) is 39.1 Å². The van der Waals surface area contributed by atoms with E-state index < -0.39 is 0 Å². The molecule has 148 valence electrons. The van der Waals surface area contributed by atoms with Crippen LogP contribution in [0.3, 0.4) is 0 Å². The second kappa shape index (κ2) is 9.31. The summed E-state index contributed by atoms with van der Waals surface area (Å²) in [5.41, 5.74) is 0.855. The van der Waals surface area contributed by atoms with Crippen molar-refractivity contribution in [3.63, 3.8) is 0 Å². The van der Waals surface area contributed by atoms with E-state index in [1.165, 1.54) is 25.0 Å². The lowest BCUT2D eigenvalue weighted by atomic mass is 9.94. The van der Waals surface area contributed by atoms with Gasteiger partial charge in [-0.3, -0.25) is 9.59 Å². The predicted molar refractivity (Wildman–Crippen MR) is 103 cm³/mol. The van der Waals surface area contributed by atoms with Crippen molar-refractivity contribution in [1.82, 2.24) is 14.7 Å². The number of piperazine rings is 1. The molecule has 1 aromatic carbocycles. The van der Waals surface area contributed by atoms with E-state index in [9.17, 15) is 14.0 Å². The molecule has 1 aromatic rings. The van der Waals surface area contributed by atoms with Crippen LogP contribution in [0.5, 0.6) is 0 Å². The van der Waals surface area contributed by atoms with Crippen LogP contribution in [-0.4, -0.2) is 72.3 Å². The Labute approximate surface area is 161 Å². The first kappa shape index (κ1) is 19.8. The summed E-state index contributed by atoms with van der Waals surface area (Å²) in [6.45, 7) is 7.39. The topological polar surface area (TPSA) is 43.9 Å². The van der Waals surface area contributed by atoms with E-state index in [4.69, 9.17) is 0 Å². The average Bonchev–Trinajstić information content (AvgIpc) is 3.22. The van der Waals surface area contributed by atoms with Crippen LogP contribution >= 0.6 is 0 Å². The molecule has 2 saturated heterocycles. The number of hydrogen-bond acceptors (Lipinski definition) is 3. The first-order valence-electron chi connectivity index (χ1n) is 10.1. The predicted octanol–water partition coefficient (Wildman–Crippen LogP) is 2.48. The highest BCUT2D eigenvalue weighted by molar-refractivity contribution is 5.84. The SMILES string of the molecule is CCC(C(=O)N1CCN(C(=O)CCN2CCCC2)CC1)c1ccc(F)cc1. The van der Waals surface area contributed by atoms with E-state index in [1.54, 1.807) is 12.1 Å². The zero-order valence-corrected chi connectivity index (χ0v) is 16.2. The minimum atomic E-state index is -0.290. The van der Waals surface area contributed by atoms with Crippen LogP contribution in [0, 0.1) is 5.82 Å². The molecule has 0 aromatic heterocycles. The van der Waals surface area contributed by atoms with Gasteiger partial charge in [0.1, 0.15) is 5.82 Å². The molecule has 1 atom stereocenters. The van der Waals surface area contributed by atoms with Crippen LogP contribution in [-0.2, 0) is 9.59 Å². The fraction of sp³-hybridized carbons (Fsp3) is 0.619. The van der Waals surface area contributed by atoms with Crippen molar-refractivity contribution in [2.75, 3.05) is 45.8 Å². The minimum Gasteiger partial charge on any atom is -0.339 e. The third-order valence-corrected chi connectivity index (χ3v) is 5.76. The van der Waals surface area contributed by atoms with Gasteiger partial charge in [-0.05, 0) is 50.0 Å². The third kappa shape index (κ3) is 5.06. The zero-order valence-electron chi connectivity index (χ0n) is 16.2. The Bertz CT molecular complexity index is 635. The van der Waals surface area contributed by atoms with E-state index in [0.717, 1.165) is 25.2 Å². The summed E-state index contributed by atoms with van der Waals surface area (Å²) in [5.74, 6) is -0.266. The number of carbonyl (C=O) groups is 2. The van der Waals surface area contributed by atoms with Crippen molar-refractivity contribution in [2.24, 2.45) is 0 Å². The first-order valence-corrected chi connectivity index (χ1v) is 10.1. The lowest BCUT2D eigenvalue weighted by molar-refractivity contribution is -0.140. The third-order valence-electron chi connectivity index (χ3n) is 5.76. The maximum Gasteiger partial charge on any atom is 0.230 e. The van der Waals surface area contributed by atoms with Gasteiger partial charge in [-0.25, -0.2) is 4.39 Å². The molecule has 0 N–H and O–H groups in total. The largest absolute Gasteiger partial charge is 0.339 e. The second-order valence-electron chi connectivity index (χ2n) is 7.52. The molecule has 5 nitrogen and oxygen atoms in total. The number of rotatable bonds is 6. The molecule has 2 fully saturated rings. The molecule has 0 spiro atoms. The number of nitrogens with zero attached hydrogens (tertiary/aromatic N) is 3. The zero-order chi connectivity index (χ0) is 19.2. The number of amides is 2. The second-order valence-corrected chi connectivity index (χ2v) is 7.52. The summed E-state index contributed by atoms with van der Waals surface area (Å²) in [6, 6.07) is 6.20. The van der Waals surface area contributed by atoms with Crippen LogP contribution in [0.1, 0.15) is 44.1 Å². The van der Waals surface area contributed by atoms with Crippen LogP contribution in [0.15, 0.2) is 24.3 Å². The molecule has 0 saturated carbocycles. The van der Waals surface area contributed by atoms with Crippen molar-refractivity contribution < 1.29 is 14.0 Å². The molecule has 0 radical (unpaired) electrons. The van der Waals surface area contributed by atoms with E-state index >= 15 is 0 Å². The van der Waals surface area contributed by atoms with Gasteiger partial charge in [0.2, 0.25) is 11.8 Å². The van der Waals surface area contributed by atoms with E-state index in [2.05, 4.69) is 4.90 Å². The summed E-state index contributed by atoms with van der Waals surface area (Å²) in [5, 5.41) is 0. The Hall–Kier alpha value is -1.95. The molecular weight excluding hydrogens is 345 g/mol. The van der Waals surface area contributed by atoms with Gasteiger partial charge in [-0.1, -0.05) is 19.1 Å². The van der Waals surface area contributed by atoms with Crippen molar-refractivity contribution >= 4 is 11.8 Å². The van der Waals surface area contributed by atoms with Crippen LogP contribution in [0.25, 0.3) is 0 Å². The average molecular weight is 375 g/mol. The van der Waals surface area contributed by atoms with E-state index in [0.29, 0.717) is 39.0 Å². The monoisotopic (exact) mass is 375 g/mol. The molecule has 2 aliphatic rings. The van der Waals surface area contributed by atoms with Crippen LogP contribution in [0.2, 0.25) is 0 Å². The Morgan fingerprint density at radius 1 is 0.963 bits per heavy atom. The molecular formula is C21H30FN3O2. The van der Waals surface area contributed by atoms with Crippen molar-refractivity contribution in [3.05, 3.63) is 35.6 Å². The summed E-state index contributed by atoms with van der Waals surface area (Å²) in [6.07, 6.45) is 3.73. The Balaban J connectivity index is 1.49. The number of hydrogen-bond donors (Lipinski definition) is 0. The van der Waals surface area contributed by atoms with Gasteiger partial charge < -0.3 is 14.7 Å². The van der Waals surface area contributed by atoms with Crippen molar-refractivity contribution in [3.8, 4) is 0 Å². The Morgan fingerprint density at radius 3 is 2.15 bits per heavy atom. The molecule has 0 bridgehead atoms. The first-order chi connectivity index (χ1) is 13.1. The van der Waals surface area contributed by atoms with Gasteiger partial charge >= 0.3 is 0 Å². The quantitative estimate of drug-likeness (QED) is 0.767. The van der Waals surface area contributed by atoms with Gasteiger partial charge in [0.05, 0.1) is 5.92 Å². The molecule has 2 heterocycles. The maximum atomic E-state index is 13.2. The van der Waals surface area contributed by atoms with Gasteiger partial charge in [-0.2, -0.15) is 0 Å². The summed E-state index contributed by atoms with van der Waals surface area (Å²) >= 11 is 0. The molecule has 2 amide bonds. The number of benzene rings is 1. The van der Waals surface area contributed by atoms with Crippen molar-refractivity contribution in [2.45, 2.75) is 38.5 Å². The van der Waals surface area contributed by atoms with E-state index in [1.807, 2.05) is 16.7 Å². The molecule has 1 unspecified atom stereocenters. The molecule has 6 heteroatoms. The fourth-order valence-corrected chi connectivity index (χ4v) is 4.06. The standard InChI is InChI=1S/C21H30FN3O2/c1-2-19(17-5-7-18(22)8-6-17)21(27)25-15-13-24(14-16-25)20(26)9-12-23-10-3-4-11-23/h5-8,19H,2-4,9-16H2,1H3. The Kier molecular flexibility index (Phi) is 6.83. The summed E-state index contributed by atoms with van der Waals surface area (Å²) in [7, 11) is 0. The van der Waals surface area contributed by atoms with Crippen LogP contribution < -0.4 is 0 Å². The number of likely N-dealkylation sites (tertiary alicyclic amines) is 1. The Morgan fingerprint density at radius 2 is 1.56 bits per heavy atom. The lowest BCUT2D eigenvalue weighted by Crippen LogP contribution is -2.52. The van der Waals surface area contributed by atoms with Gasteiger partial charge in [0.15, 0.2) is 0 Å². The highest BCUT2D eigenvalue weighted by Crippen LogP contribution is 2.23. The minimum absolute atomic E-state index is 0.0771. The smallest absolute Gasteiger partial charge is 0.230 e.